The second-order valence-corrected chi connectivity index (χ2v) is 6.86. The zero-order valence-electron chi connectivity index (χ0n) is 12.4. The predicted molar refractivity (Wildman–Crippen MR) is 84.3 cm³/mol. The third kappa shape index (κ3) is 5.79. The van der Waals surface area contributed by atoms with Gasteiger partial charge in [0.25, 0.3) is 0 Å². The van der Waals surface area contributed by atoms with E-state index < -0.39 is 12.6 Å². The lowest BCUT2D eigenvalue weighted by Crippen LogP contribution is -2.42. The molecule has 0 saturated heterocycles. The van der Waals surface area contributed by atoms with Crippen molar-refractivity contribution in [3.8, 4) is 0 Å². The quantitative estimate of drug-likeness (QED) is 0.619. The maximum Gasteiger partial charge on any atom is 0.390 e. The number of guanidine groups is 1. The van der Waals surface area contributed by atoms with E-state index in [-0.39, 0.29) is 11.3 Å². The lowest BCUT2D eigenvalue weighted by molar-refractivity contribution is -0.132. The highest BCUT2D eigenvalue weighted by atomic mass is 32.2. The molecular formula is C15H20F3N3S. The first-order valence-electron chi connectivity index (χ1n) is 7.18. The van der Waals surface area contributed by atoms with Crippen LogP contribution in [0.2, 0.25) is 0 Å². The number of hydrogen-bond acceptors (Lipinski definition) is 2. The van der Waals surface area contributed by atoms with E-state index in [0.29, 0.717) is 12.5 Å². The maximum absolute atomic E-state index is 12.1. The van der Waals surface area contributed by atoms with Crippen LogP contribution in [-0.4, -0.2) is 37.0 Å². The van der Waals surface area contributed by atoms with Gasteiger partial charge in [0, 0.05) is 29.8 Å². The average Bonchev–Trinajstić information content (AvgIpc) is 3.22. The van der Waals surface area contributed by atoms with Crippen molar-refractivity contribution >= 4 is 17.7 Å². The van der Waals surface area contributed by atoms with Gasteiger partial charge in [0.15, 0.2) is 5.96 Å². The summed E-state index contributed by atoms with van der Waals surface area (Å²) in [6.07, 6.45) is -2.82. The zero-order valence-corrected chi connectivity index (χ0v) is 13.2. The number of thioether (sulfide) groups is 1. The molecule has 2 N–H and O–H groups in total. The van der Waals surface area contributed by atoms with Crippen molar-refractivity contribution in [2.24, 2.45) is 4.99 Å². The summed E-state index contributed by atoms with van der Waals surface area (Å²) in [5, 5.41) is 5.83. The molecule has 0 aromatic heterocycles. The molecule has 0 radical (unpaired) electrons. The maximum atomic E-state index is 12.1. The fraction of sp³-hybridized carbons (Fsp3) is 0.533. The standard InChI is InChI=1S/C15H20F3N3S/c1-19-13(20-10-9-15(16,17)18)21-11-14(7-8-14)22-12-5-3-2-4-6-12/h2-6H,7-11H2,1H3,(H2,19,20,21). The van der Waals surface area contributed by atoms with Crippen LogP contribution in [0.3, 0.4) is 0 Å². The summed E-state index contributed by atoms with van der Waals surface area (Å²) < 4.78 is 36.5. The Kier molecular flexibility index (Phi) is 5.61. The highest BCUT2D eigenvalue weighted by molar-refractivity contribution is 8.01. The van der Waals surface area contributed by atoms with Crippen molar-refractivity contribution < 1.29 is 13.2 Å². The van der Waals surface area contributed by atoms with Gasteiger partial charge in [0.2, 0.25) is 0 Å². The van der Waals surface area contributed by atoms with Crippen LogP contribution in [0.15, 0.2) is 40.2 Å². The van der Waals surface area contributed by atoms with Gasteiger partial charge in [0.1, 0.15) is 0 Å². The summed E-state index contributed by atoms with van der Waals surface area (Å²) in [6, 6.07) is 10.1. The SMILES string of the molecule is CN=C(NCCC(F)(F)F)NCC1(Sc2ccccc2)CC1. The number of aliphatic imine (C=N–C) groups is 1. The van der Waals surface area contributed by atoms with Gasteiger partial charge in [-0.3, -0.25) is 4.99 Å². The van der Waals surface area contributed by atoms with E-state index in [0.717, 1.165) is 12.8 Å². The monoisotopic (exact) mass is 331 g/mol. The fourth-order valence-electron chi connectivity index (χ4n) is 1.98. The van der Waals surface area contributed by atoms with Crippen LogP contribution in [0.25, 0.3) is 0 Å². The second kappa shape index (κ2) is 7.26. The third-order valence-corrected chi connectivity index (χ3v) is 4.88. The molecule has 1 aliphatic rings. The molecule has 1 fully saturated rings. The Hall–Kier alpha value is -1.37. The predicted octanol–water partition coefficient (Wildman–Crippen LogP) is 3.43. The summed E-state index contributed by atoms with van der Waals surface area (Å²) in [6.45, 7) is 0.528. The number of halogens is 3. The minimum atomic E-state index is -4.15. The highest BCUT2D eigenvalue weighted by Crippen LogP contribution is 2.51. The van der Waals surface area contributed by atoms with Crippen molar-refractivity contribution in [1.82, 2.24) is 10.6 Å². The van der Waals surface area contributed by atoms with E-state index in [4.69, 9.17) is 0 Å². The molecule has 0 spiro atoms. The van der Waals surface area contributed by atoms with Gasteiger partial charge >= 0.3 is 6.18 Å². The molecule has 1 saturated carbocycles. The smallest absolute Gasteiger partial charge is 0.356 e. The van der Waals surface area contributed by atoms with E-state index in [2.05, 4.69) is 27.8 Å². The van der Waals surface area contributed by atoms with Gasteiger partial charge in [-0.25, -0.2) is 0 Å². The van der Waals surface area contributed by atoms with Crippen LogP contribution in [0.5, 0.6) is 0 Å². The molecule has 0 aliphatic heterocycles. The van der Waals surface area contributed by atoms with E-state index in [1.165, 1.54) is 4.90 Å². The summed E-state index contributed by atoms with van der Waals surface area (Å²) >= 11 is 1.81. The number of rotatable bonds is 6. The lowest BCUT2D eigenvalue weighted by Gasteiger charge is -2.18. The van der Waals surface area contributed by atoms with E-state index in [1.807, 2.05) is 30.0 Å². The molecule has 1 aliphatic carbocycles. The van der Waals surface area contributed by atoms with Crippen LogP contribution in [0, 0.1) is 0 Å². The molecule has 0 heterocycles. The third-order valence-electron chi connectivity index (χ3n) is 3.39. The molecule has 0 atom stereocenters. The van der Waals surface area contributed by atoms with Crippen LogP contribution < -0.4 is 10.6 Å². The normalized spacial score (nSPS) is 17.2. The van der Waals surface area contributed by atoms with Crippen molar-refractivity contribution in [3.05, 3.63) is 30.3 Å². The molecule has 1 aromatic carbocycles. The molecule has 22 heavy (non-hydrogen) atoms. The molecule has 2 rings (SSSR count). The van der Waals surface area contributed by atoms with Gasteiger partial charge in [-0.15, -0.1) is 11.8 Å². The Morgan fingerprint density at radius 1 is 1.23 bits per heavy atom. The number of nitrogens with one attached hydrogen (secondary N) is 2. The summed E-state index contributed by atoms with van der Waals surface area (Å²) in [7, 11) is 1.56. The first kappa shape index (κ1) is 17.0. The molecular weight excluding hydrogens is 311 g/mol. The molecule has 122 valence electrons. The Bertz CT molecular complexity index is 499. The number of alkyl halides is 3. The van der Waals surface area contributed by atoms with Gasteiger partial charge in [-0.1, -0.05) is 18.2 Å². The minimum Gasteiger partial charge on any atom is -0.356 e. The number of benzene rings is 1. The van der Waals surface area contributed by atoms with Gasteiger partial charge in [0.05, 0.1) is 6.42 Å². The van der Waals surface area contributed by atoms with Crippen LogP contribution in [0.1, 0.15) is 19.3 Å². The molecule has 0 bridgehead atoms. The van der Waals surface area contributed by atoms with Crippen molar-refractivity contribution in [2.75, 3.05) is 20.1 Å². The van der Waals surface area contributed by atoms with Crippen molar-refractivity contribution in [3.63, 3.8) is 0 Å². The number of nitrogens with zero attached hydrogens (tertiary/aromatic N) is 1. The second-order valence-electron chi connectivity index (χ2n) is 5.32. The van der Waals surface area contributed by atoms with Gasteiger partial charge in [-0.2, -0.15) is 13.2 Å². The summed E-state index contributed by atoms with van der Waals surface area (Å²) in [5.41, 5.74) is 0. The van der Waals surface area contributed by atoms with Crippen LogP contribution in [-0.2, 0) is 0 Å². The summed E-state index contributed by atoms with van der Waals surface area (Å²) in [4.78, 5) is 5.17. The van der Waals surface area contributed by atoms with Crippen LogP contribution in [0.4, 0.5) is 13.2 Å². The molecule has 0 unspecified atom stereocenters. The topological polar surface area (TPSA) is 36.4 Å². The van der Waals surface area contributed by atoms with Crippen molar-refractivity contribution in [1.29, 1.82) is 0 Å². The Morgan fingerprint density at radius 2 is 1.91 bits per heavy atom. The first-order chi connectivity index (χ1) is 10.4. The van der Waals surface area contributed by atoms with Gasteiger partial charge < -0.3 is 10.6 Å². The molecule has 3 nitrogen and oxygen atoms in total. The number of hydrogen-bond donors (Lipinski definition) is 2. The van der Waals surface area contributed by atoms with E-state index >= 15 is 0 Å². The lowest BCUT2D eigenvalue weighted by atomic mass is 10.4. The molecule has 1 aromatic rings. The first-order valence-corrected chi connectivity index (χ1v) is 7.99. The molecule has 0 amide bonds. The fourth-order valence-corrected chi connectivity index (χ4v) is 3.22. The Balaban J connectivity index is 1.76. The largest absolute Gasteiger partial charge is 0.390 e. The summed E-state index contributed by atoms with van der Waals surface area (Å²) in [5.74, 6) is 0.421. The Labute approximate surface area is 132 Å². The van der Waals surface area contributed by atoms with E-state index in [9.17, 15) is 13.2 Å². The zero-order chi connectivity index (χ0) is 16.1. The molecule has 7 heteroatoms. The minimum absolute atomic E-state index is 0.128. The Morgan fingerprint density at radius 3 is 2.45 bits per heavy atom. The van der Waals surface area contributed by atoms with Gasteiger partial charge in [-0.05, 0) is 25.0 Å². The van der Waals surface area contributed by atoms with Crippen molar-refractivity contribution in [2.45, 2.75) is 35.1 Å². The van der Waals surface area contributed by atoms with E-state index in [1.54, 1.807) is 7.05 Å². The average molecular weight is 331 g/mol. The highest BCUT2D eigenvalue weighted by Gasteiger charge is 2.43. The van der Waals surface area contributed by atoms with Crippen LogP contribution >= 0.6 is 11.8 Å².